The third kappa shape index (κ3) is 4.54. The van der Waals surface area contributed by atoms with Gasteiger partial charge in [0.2, 0.25) is 0 Å². The molecule has 1 saturated heterocycles. The van der Waals surface area contributed by atoms with Crippen LogP contribution in [0, 0.1) is 12.7 Å². The number of pyridine rings is 1. The fraction of sp³-hybridized carbons (Fsp3) is 0.308. The molecular formula is C26H27FN4O2. The predicted molar refractivity (Wildman–Crippen MR) is 128 cm³/mol. The van der Waals surface area contributed by atoms with Gasteiger partial charge in [-0.25, -0.2) is 4.39 Å². The summed E-state index contributed by atoms with van der Waals surface area (Å²) in [5.41, 5.74) is 3.49. The van der Waals surface area contributed by atoms with Crippen LogP contribution in [-0.2, 0) is 0 Å². The highest BCUT2D eigenvalue weighted by molar-refractivity contribution is 6.06. The minimum Gasteiger partial charge on any atom is -0.450 e. The summed E-state index contributed by atoms with van der Waals surface area (Å²) in [6.45, 7) is 7.18. The van der Waals surface area contributed by atoms with Gasteiger partial charge in [-0.15, -0.1) is 0 Å². The van der Waals surface area contributed by atoms with E-state index >= 15 is 0 Å². The molecular weight excluding hydrogens is 419 g/mol. The number of carbonyl (C=O) groups is 1. The van der Waals surface area contributed by atoms with Gasteiger partial charge in [-0.1, -0.05) is 12.1 Å². The zero-order valence-electron chi connectivity index (χ0n) is 18.7. The van der Waals surface area contributed by atoms with Crippen molar-refractivity contribution >= 4 is 33.5 Å². The summed E-state index contributed by atoms with van der Waals surface area (Å²) < 4.78 is 19.1. The van der Waals surface area contributed by atoms with Crippen LogP contribution >= 0.6 is 0 Å². The summed E-state index contributed by atoms with van der Waals surface area (Å²) in [7, 11) is 0. The smallest absolute Gasteiger partial charge is 0.287 e. The molecule has 1 fully saturated rings. The molecule has 2 aromatic carbocycles. The minimum absolute atomic E-state index is 0.198. The lowest BCUT2D eigenvalue weighted by atomic mass is 10.1. The molecule has 33 heavy (non-hydrogen) atoms. The molecule has 5 rings (SSSR count). The Hall–Kier alpha value is -3.45. The molecule has 0 saturated carbocycles. The predicted octanol–water partition coefficient (Wildman–Crippen LogP) is 4.37. The van der Waals surface area contributed by atoms with E-state index in [0.29, 0.717) is 17.9 Å². The van der Waals surface area contributed by atoms with Crippen molar-refractivity contribution in [1.82, 2.24) is 15.2 Å². The van der Waals surface area contributed by atoms with Crippen molar-refractivity contribution < 1.29 is 13.6 Å². The number of para-hydroxylation sites is 1. The van der Waals surface area contributed by atoms with Crippen LogP contribution < -0.4 is 10.2 Å². The second-order valence-corrected chi connectivity index (χ2v) is 8.48. The van der Waals surface area contributed by atoms with Gasteiger partial charge in [0.15, 0.2) is 5.76 Å². The first-order valence-electron chi connectivity index (χ1n) is 11.4. The Morgan fingerprint density at radius 3 is 2.61 bits per heavy atom. The van der Waals surface area contributed by atoms with Crippen molar-refractivity contribution in [3.8, 4) is 0 Å². The Morgan fingerprint density at radius 2 is 1.82 bits per heavy atom. The average Bonchev–Trinajstić information content (AvgIpc) is 3.30. The number of amides is 1. The number of piperazine rings is 1. The molecule has 0 atom stereocenters. The summed E-state index contributed by atoms with van der Waals surface area (Å²) in [4.78, 5) is 22.0. The minimum atomic E-state index is -0.206. The van der Waals surface area contributed by atoms with Gasteiger partial charge in [-0.3, -0.25) is 14.7 Å². The Kier molecular flexibility index (Phi) is 5.96. The SMILES string of the molecule is Cc1nc2ccccc2c2oc(C(=O)NCCCN3CCN(c4ccc(F)cc4)CC3)cc12. The number of fused-ring (bicyclic) bond motifs is 3. The number of aromatic nitrogens is 1. The highest BCUT2D eigenvalue weighted by Gasteiger charge is 2.18. The number of nitrogens with zero attached hydrogens (tertiary/aromatic N) is 3. The summed E-state index contributed by atoms with van der Waals surface area (Å²) in [5.74, 6) is -0.0859. The van der Waals surface area contributed by atoms with Gasteiger partial charge in [0.05, 0.1) is 5.52 Å². The third-order valence-corrected chi connectivity index (χ3v) is 6.28. The van der Waals surface area contributed by atoms with Crippen LogP contribution in [-0.4, -0.2) is 55.1 Å². The molecule has 3 heterocycles. The first-order chi connectivity index (χ1) is 16.1. The first kappa shape index (κ1) is 21.4. The van der Waals surface area contributed by atoms with Crippen LogP contribution in [0.3, 0.4) is 0 Å². The standard InChI is InChI=1S/C26H27FN4O2/c1-18-22-17-24(33-25(22)21-5-2-3-6-23(21)29-18)26(32)28-11-4-12-30-13-15-31(16-14-30)20-9-7-19(27)8-10-20/h2-3,5-10,17H,4,11-16H2,1H3,(H,28,32). The highest BCUT2D eigenvalue weighted by Crippen LogP contribution is 2.29. The second-order valence-electron chi connectivity index (χ2n) is 8.48. The number of anilines is 1. The molecule has 4 aromatic rings. The lowest BCUT2D eigenvalue weighted by molar-refractivity contribution is 0.0926. The zero-order chi connectivity index (χ0) is 22.8. The lowest BCUT2D eigenvalue weighted by Gasteiger charge is -2.36. The van der Waals surface area contributed by atoms with Crippen LogP contribution in [0.15, 0.2) is 59.0 Å². The van der Waals surface area contributed by atoms with Gasteiger partial charge in [-0.2, -0.15) is 0 Å². The van der Waals surface area contributed by atoms with Crippen molar-refractivity contribution in [1.29, 1.82) is 0 Å². The molecule has 1 amide bonds. The lowest BCUT2D eigenvalue weighted by Crippen LogP contribution is -2.47. The molecule has 0 spiro atoms. The molecule has 1 aliphatic heterocycles. The third-order valence-electron chi connectivity index (χ3n) is 6.28. The van der Waals surface area contributed by atoms with Gasteiger partial charge in [-0.05, 0) is 62.4 Å². The van der Waals surface area contributed by atoms with Gasteiger partial charge in [0, 0.05) is 54.9 Å². The van der Waals surface area contributed by atoms with Gasteiger partial charge >= 0.3 is 0 Å². The van der Waals surface area contributed by atoms with E-state index in [-0.39, 0.29) is 11.7 Å². The number of hydrogen-bond donors (Lipinski definition) is 1. The van der Waals surface area contributed by atoms with Crippen molar-refractivity contribution in [2.75, 3.05) is 44.2 Å². The molecule has 0 radical (unpaired) electrons. The normalized spacial score (nSPS) is 14.8. The highest BCUT2D eigenvalue weighted by atomic mass is 19.1. The summed E-state index contributed by atoms with van der Waals surface area (Å²) >= 11 is 0. The molecule has 6 nitrogen and oxygen atoms in total. The number of hydrogen-bond acceptors (Lipinski definition) is 5. The molecule has 0 bridgehead atoms. The molecule has 2 aromatic heterocycles. The number of rotatable bonds is 6. The van der Waals surface area contributed by atoms with E-state index in [2.05, 4.69) is 20.1 Å². The van der Waals surface area contributed by atoms with E-state index in [1.165, 1.54) is 12.1 Å². The largest absolute Gasteiger partial charge is 0.450 e. The quantitative estimate of drug-likeness (QED) is 0.446. The Labute approximate surface area is 192 Å². The molecule has 7 heteroatoms. The van der Waals surface area contributed by atoms with E-state index in [9.17, 15) is 9.18 Å². The Morgan fingerprint density at radius 1 is 1.06 bits per heavy atom. The van der Waals surface area contributed by atoms with Gasteiger partial charge < -0.3 is 14.6 Å². The van der Waals surface area contributed by atoms with E-state index in [1.807, 2.05) is 43.3 Å². The number of nitrogens with one attached hydrogen (secondary N) is 1. The molecule has 170 valence electrons. The van der Waals surface area contributed by atoms with Crippen LogP contribution in [0.4, 0.5) is 10.1 Å². The molecule has 0 unspecified atom stereocenters. The summed E-state index contributed by atoms with van der Waals surface area (Å²) in [6.07, 6.45) is 0.867. The number of benzene rings is 2. The fourth-order valence-corrected chi connectivity index (χ4v) is 4.45. The van der Waals surface area contributed by atoms with Gasteiger partial charge in [0.25, 0.3) is 5.91 Å². The van der Waals surface area contributed by atoms with Gasteiger partial charge in [0.1, 0.15) is 11.4 Å². The van der Waals surface area contributed by atoms with E-state index in [4.69, 9.17) is 4.42 Å². The maximum Gasteiger partial charge on any atom is 0.287 e. The van der Waals surface area contributed by atoms with E-state index in [1.54, 1.807) is 6.07 Å². The molecule has 1 N–H and O–H groups in total. The summed E-state index contributed by atoms with van der Waals surface area (Å²) in [5, 5.41) is 4.77. The van der Waals surface area contributed by atoms with Crippen LogP contribution in [0.25, 0.3) is 21.9 Å². The fourth-order valence-electron chi connectivity index (χ4n) is 4.45. The van der Waals surface area contributed by atoms with Crippen molar-refractivity contribution in [2.24, 2.45) is 0 Å². The monoisotopic (exact) mass is 446 g/mol. The van der Waals surface area contributed by atoms with Crippen molar-refractivity contribution in [2.45, 2.75) is 13.3 Å². The number of furan rings is 1. The average molecular weight is 447 g/mol. The van der Waals surface area contributed by atoms with Crippen molar-refractivity contribution in [3.63, 3.8) is 0 Å². The zero-order valence-corrected chi connectivity index (χ0v) is 18.7. The van der Waals surface area contributed by atoms with Crippen molar-refractivity contribution in [3.05, 3.63) is 71.9 Å². The van der Waals surface area contributed by atoms with Crippen LogP contribution in [0.2, 0.25) is 0 Å². The first-order valence-corrected chi connectivity index (χ1v) is 11.4. The van der Waals surface area contributed by atoms with E-state index in [0.717, 1.165) is 66.8 Å². The number of carbonyl (C=O) groups excluding carboxylic acids is 1. The van der Waals surface area contributed by atoms with E-state index < -0.39 is 0 Å². The topological polar surface area (TPSA) is 61.6 Å². The number of halogens is 1. The Balaban J connectivity index is 1.12. The number of aryl methyl sites for hydroxylation is 1. The van der Waals surface area contributed by atoms with Crippen LogP contribution in [0.1, 0.15) is 22.7 Å². The summed E-state index contributed by atoms with van der Waals surface area (Å²) in [6, 6.07) is 16.3. The van der Waals surface area contributed by atoms with Crippen LogP contribution in [0.5, 0.6) is 0 Å². The molecule has 0 aliphatic carbocycles. The second kappa shape index (κ2) is 9.19. The maximum atomic E-state index is 13.1. The maximum absolute atomic E-state index is 13.1. The Bertz CT molecular complexity index is 1280. The molecule has 1 aliphatic rings.